The van der Waals surface area contributed by atoms with Gasteiger partial charge in [-0.2, -0.15) is 0 Å². The van der Waals surface area contributed by atoms with Crippen molar-refractivity contribution in [1.82, 2.24) is 20.4 Å². The molecule has 10 heteroatoms. The number of carbonyl (C=O) groups excluding carboxylic acids is 5. The van der Waals surface area contributed by atoms with Crippen molar-refractivity contribution in [3.8, 4) is 0 Å². The Morgan fingerprint density at radius 2 is 1.68 bits per heavy atom. The molecule has 1 aliphatic carbocycles. The van der Waals surface area contributed by atoms with E-state index in [4.69, 9.17) is 0 Å². The summed E-state index contributed by atoms with van der Waals surface area (Å²) in [5, 5.41) is 5.83. The molecule has 3 unspecified atom stereocenters. The van der Waals surface area contributed by atoms with E-state index in [-0.39, 0.29) is 41.9 Å². The molecule has 218 valence electrons. The Morgan fingerprint density at radius 1 is 1.02 bits per heavy atom. The Bertz CT molecular complexity index is 1140. The lowest BCUT2D eigenvalue weighted by Crippen LogP contribution is -2.61. The molecule has 4 rings (SSSR count). The summed E-state index contributed by atoms with van der Waals surface area (Å²) in [4.78, 5) is 71.3. The largest absolute Gasteiger partial charge is 0.378 e. The molecule has 40 heavy (non-hydrogen) atoms. The number of likely N-dealkylation sites (tertiary alicyclic amines) is 2. The van der Waals surface area contributed by atoms with Gasteiger partial charge in [-0.1, -0.05) is 33.1 Å². The summed E-state index contributed by atoms with van der Waals surface area (Å²) in [7, 11) is 3.84. The third-order valence-electron chi connectivity index (χ3n) is 8.45. The van der Waals surface area contributed by atoms with Gasteiger partial charge in [0, 0.05) is 38.8 Å². The van der Waals surface area contributed by atoms with Crippen LogP contribution in [0.4, 0.5) is 5.69 Å². The van der Waals surface area contributed by atoms with E-state index >= 15 is 0 Å². The zero-order valence-corrected chi connectivity index (χ0v) is 24.4. The summed E-state index contributed by atoms with van der Waals surface area (Å²) in [6, 6.07) is 5.21. The van der Waals surface area contributed by atoms with E-state index in [1.54, 1.807) is 21.9 Å². The average molecular weight is 554 g/mol. The van der Waals surface area contributed by atoms with Crippen molar-refractivity contribution in [3.63, 3.8) is 0 Å². The van der Waals surface area contributed by atoms with Crippen molar-refractivity contribution < 1.29 is 24.0 Å². The van der Waals surface area contributed by atoms with E-state index < -0.39 is 23.7 Å². The summed E-state index contributed by atoms with van der Waals surface area (Å²) in [5.41, 5.74) is 0.421. The van der Waals surface area contributed by atoms with Crippen molar-refractivity contribution in [2.24, 2.45) is 5.92 Å². The number of nitrogens with one attached hydrogen (secondary N) is 2. The van der Waals surface area contributed by atoms with Gasteiger partial charge in [-0.05, 0) is 55.9 Å². The van der Waals surface area contributed by atoms with Crippen LogP contribution in [0.5, 0.6) is 0 Å². The Labute approximate surface area is 236 Å². The molecule has 0 radical (unpaired) electrons. The molecule has 1 aromatic rings. The summed E-state index contributed by atoms with van der Waals surface area (Å²) in [5.74, 6) is -1.16. The maximum atomic E-state index is 13.9. The minimum atomic E-state index is -0.993. The van der Waals surface area contributed by atoms with Crippen LogP contribution < -0.4 is 15.5 Å². The number of benzene rings is 1. The van der Waals surface area contributed by atoms with E-state index in [1.165, 1.54) is 6.92 Å². The molecule has 0 spiro atoms. The predicted molar refractivity (Wildman–Crippen MR) is 152 cm³/mol. The quantitative estimate of drug-likeness (QED) is 0.509. The fourth-order valence-corrected chi connectivity index (χ4v) is 6.54. The van der Waals surface area contributed by atoms with Crippen LogP contribution in [0.2, 0.25) is 0 Å². The number of Topliss-reactive ketones (excluding diaryl/α,β-unsaturated/α-hetero) is 1. The second-order valence-corrected chi connectivity index (χ2v) is 12.2. The van der Waals surface area contributed by atoms with Crippen molar-refractivity contribution in [2.45, 2.75) is 89.4 Å². The third kappa shape index (κ3) is 6.00. The van der Waals surface area contributed by atoms with Crippen LogP contribution in [-0.4, -0.2) is 90.1 Å². The molecule has 0 aromatic heterocycles. The fraction of sp³-hybridized carbons (Fsp3) is 0.633. The van der Waals surface area contributed by atoms with E-state index in [0.29, 0.717) is 37.8 Å². The highest BCUT2D eigenvalue weighted by Gasteiger charge is 2.55. The number of nitrogens with zero attached hydrogens (tertiary/aromatic N) is 3. The number of carbonyl (C=O) groups is 5. The van der Waals surface area contributed by atoms with Gasteiger partial charge in [0.2, 0.25) is 17.7 Å². The first-order valence-electron chi connectivity index (χ1n) is 14.4. The third-order valence-corrected chi connectivity index (χ3v) is 8.45. The molecule has 2 heterocycles. The van der Waals surface area contributed by atoms with Crippen LogP contribution >= 0.6 is 0 Å². The molecule has 3 aliphatic rings. The highest BCUT2D eigenvalue weighted by molar-refractivity contribution is 6.02. The monoisotopic (exact) mass is 553 g/mol. The van der Waals surface area contributed by atoms with Gasteiger partial charge >= 0.3 is 0 Å². The van der Waals surface area contributed by atoms with Gasteiger partial charge in [-0.15, -0.1) is 0 Å². The van der Waals surface area contributed by atoms with E-state index in [0.717, 1.165) is 24.9 Å². The minimum absolute atomic E-state index is 0.0707. The number of fused-ring (bicyclic) bond motifs is 1. The number of anilines is 1. The van der Waals surface area contributed by atoms with Gasteiger partial charge in [0.1, 0.15) is 17.6 Å². The van der Waals surface area contributed by atoms with Crippen LogP contribution in [0.1, 0.15) is 76.1 Å². The van der Waals surface area contributed by atoms with Gasteiger partial charge in [-0.25, -0.2) is 0 Å². The van der Waals surface area contributed by atoms with Gasteiger partial charge in [0.15, 0.2) is 5.78 Å². The Hall–Kier alpha value is -3.43. The lowest BCUT2D eigenvalue weighted by atomic mass is 9.80. The molecule has 1 saturated carbocycles. The molecule has 2 aliphatic heterocycles. The molecule has 4 amide bonds. The number of hydrogen-bond donors (Lipinski definition) is 2. The van der Waals surface area contributed by atoms with Crippen molar-refractivity contribution in [1.29, 1.82) is 0 Å². The van der Waals surface area contributed by atoms with Crippen LogP contribution in [0.3, 0.4) is 0 Å². The van der Waals surface area contributed by atoms with Crippen LogP contribution in [0.15, 0.2) is 24.3 Å². The molecule has 2 saturated heterocycles. The van der Waals surface area contributed by atoms with E-state index in [1.807, 2.05) is 45.0 Å². The standard InChI is InChI=1S/C30H43N5O5/c1-19(2)17-23(31-27(38)21-9-11-22(12-10-21)33(4)5)28(39)34-16-13-24-26(34)25(37)18-35(24)29(40)30(32-20(3)36)14-7-6-8-15-30/h9-12,19,23-24,26H,6-8,13-18H2,1-5H3,(H,31,38)(H,32,36). The summed E-state index contributed by atoms with van der Waals surface area (Å²) in [6.07, 6.45) is 4.68. The zero-order chi connectivity index (χ0) is 29.2. The molecule has 1 aromatic carbocycles. The second-order valence-electron chi connectivity index (χ2n) is 12.2. The maximum absolute atomic E-state index is 13.9. The molecular formula is C30H43N5O5. The Morgan fingerprint density at radius 3 is 2.25 bits per heavy atom. The van der Waals surface area contributed by atoms with Crippen LogP contribution in [-0.2, 0) is 19.2 Å². The average Bonchev–Trinajstić information content (AvgIpc) is 3.48. The topological polar surface area (TPSA) is 119 Å². The minimum Gasteiger partial charge on any atom is -0.378 e. The summed E-state index contributed by atoms with van der Waals surface area (Å²) in [6.45, 7) is 5.64. The van der Waals surface area contributed by atoms with Gasteiger partial charge < -0.3 is 25.3 Å². The van der Waals surface area contributed by atoms with Gasteiger partial charge in [0.05, 0.1) is 12.6 Å². The van der Waals surface area contributed by atoms with E-state index in [2.05, 4.69) is 10.6 Å². The lowest BCUT2D eigenvalue weighted by molar-refractivity contribution is -0.144. The van der Waals surface area contributed by atoms with Gasteiger partial charge in [-0.3, -0.25) is 24.0 Å². The number of hydrogen-bond acceptors (Lipinski definition) is 6. The van der Waals surface area contributed by atoms with Crippen LogP contribution in [0, 0.1) is 5.92 Å². The Kier molecular flexibility index (Phi) is 8.85. The highest BCUT2D eigenvalue weighted by atomic mass is 16.2. The summed E-state index contributed by atoms with van der Waals surface area (Å²) >= 11 is 0. The molecule has 3 atom stereocenters. The molecular weight excluding hydrogens is 510 g/mol. The first kappa shape index (κ1) is 29.6. The van der Waals surface area contributed by atoms with Crippen molar-refractivity contribution in [2.75, 3.05) is 32.1 Å². The zero-order valence-electron chi connectivity index (χ0n) is 24.4. The van der Waals surface area contributed by atoms with Crippen molar-refractivity contribution in [3.05, 3.63) is 29.8 Å². The SMILES string of the molecule is CC(=O)NC1(C(=O)N2CC(=O)C3C2CCN3C(=O)C(CC(C)C)NC(=O)c2ccc(N(C)C)cc2)CCCCC1. The van der Waals surface area contributed by atoms with Crippen LogP contribution in [0.25, 0.3) is 0 Å². The lowest BCUT2D eigenvalue weighted by Gasteiger charge is -2.40. The first-order valence-corrected chi connectivity index (χ1v) is 14.4. The molecule has 10 nitrogen and oxygen atoms in total. The predicted octanol–water partition coefficient (Wildman–Crippen LogP) is 2.12. The van der Waals surface area contributed by atoms with E-state index in [9.17, 15) is 24.0 Å². The molecule has 0 bridgehead atoms. The Balaban J connectivity index is 1.51. The highest BCUT2D eigenvalue weighted by Crippen LogP contribution is 2.36. The van der Waals surface area contributed by atoms with Crippen molar-refractivity contribution >= 4 is 35.1 Å². The van der Waals surface area contributed by atoms with Gasteiger partial charge in [0.25, 0.3) is 5.91 Å². The smallest absolute Gasteiger partial charge is 0.251 e. The molecule has 2 N–H and O–H groups in total. The molecule has 3 fully saturated rings. The first-order chi connectivity index (χ1) is 18.9. The normalized spacial score (nSPS) is 22.6. The number of ketones is 1. The fourth-order valence-electron chi connectivity index (χ4n) is 6.54. The number of rotatable bonds is 8. The summed E-state index contributed by atoms with van der Waals surface area (Å²) < 4.78 is 0. The number of amides is 4. The second kappa shape index (κ2) is 12.0. The maximum Gasteiger partial charge on any atom is 0.251 e.